The number of carbonyl (C=O) groups excluding carboxylic acids is 1. The second-order valence-corrected chi connectivity index (χ2v) is 7.81. The van der Waals surface area contributed by atoms with Gasteiger partial charge in [0.1, 0.15) is 5.60 Å². The number of ether oxygens (including phenoxy) is 1. The van der Waals surface area contributed by atoms with Crippen LogP contribution in [0.15, 0.2) is 59.6 Å². The van der Waals surface area contributed by atoms with Crippen LogP contribution < -0.4 is 4.90 Å². The Morgan fingerprint density at radius 3 is 2.65 bits per heavy atom. The molecule has 0 aliphatic rings. The van der Waals surface area contributed by atoms with Gasteiger partial charge in [-0.1, -0.05) is 12.1 Å². The zero-order valence-corrected chi connectivity index (χ0v) is 16.5. The normalized spacial score (nSPS) is 11.4. The van der Waals surface area contributed by atoms with Crippen molar-refractivity contribution in [2.45, 2.75) is 32.9 Å². The third-order valence-electron chi connectivity index (χ3n) is 3.69. The van der Waals surface area contributed by atoms with Crippen molar-refractivity contribution in [2.24, 2.45) is 0 Å². The van der Waals surface area contributed by atoms with Crippen LogP contribution in [-0.2, 0) is 11.3 Å². The van der Waals surface area contributed by atoms with Gasteiger partial charge in [-0.3, -0.25) is 14.9 Å². The van der Waals surface area contributed by atoms with E-state index in [9.17, 15) is 4.79 Å². The third kappa shape index (κ3) is 4.38. The van der Waals surface area contributed by atoms with E-state index in [-0.39, 0.29) is 0 Å². The van der Waals surface area contributed by atoms with Crippen molar-refractivity contribution < 1.29 is 9.53 Å². The Labute approximate surface area is 161 Å². The first-order chi connectivity index (χ1) is 12.3. The van der Waals surface area contributed by atoms with Gasteiger partial charge in [0.25, 0.3) is 0 Å². The summed E-state index contributed by atoms with van der Waals surface area (Å²) < 4.78 is 6.50. The molecule has 0 N–H and O–H groups in total. The van der Waals surface area contributed by atoms with E-state index in [0.717, 1.165) is 20.8 Å². The second-order valence-electron chi connectivity index (χ2n) is 6.95. The van der Waals surface area contributed by atoms with Crippen molar-refractivity contribution in [1.82, 2.24) is 9.97 Å². The van der Waals surface area contributed by atoms with Crippen LogP contribution in [0.1, 0.15) is 26.3 Å². The number of carbonyl (C=O) groups is 1. The van der Waals surface area contributed by atoms with Crippen LogP contribution in [0.2, 0.25) is 0 Å². The minimum Gasteiger partial charge on any atom is -0.443 e. The maximum Gasteiger partial charge on any atom is 0.415 e. The summed E-state index contributed by atoms with van der Waals surface area (Å²) in [6.07, 6.45) is 6.51. The molecule has 0 saturated heterocycles. The number of benzene rings is 1. The molecule has 2 heterocycles. The lowest BCUT2D eigenvalue weighted by molar-refractivity contribution is 0.0577. The molecule has 3 aromatic rings. The van der Waals surface area contributed by atoms with Crippen LogP contribution in [-0.4, -0.2) is 21.7 Å². The molecule has 134 valence electrons. The van der Waals surface area contributed by atoms with Crippen LogP contribution in [0.4, 0.5) is 10.5 Å². The van der Waals surface area contributed by atoms with Gasteiger partial charge < -0.3 is 4.74 Å². The van der Waals surface area contributed by atoms with Gasteiger partial charge in [-0.15, -0.1) is 0 Å². The van der Waals surface area contributed by atoms with Gasteiger partial charge >= 0.3 is 6.09 Å². The first-order valence-corrected chi connectivity index (χ1v) is 9.05. The van der Waals surface area contributed by atoms with Crippen LogP contribution in [0.5, 0.6) is 0 Å². The van der Waals surface area contributed by atoms with Gasteiger partial charge in [-0.25, -0.2) is 4.79 Å². The first-order valence-electron chi connectivity index (χ1n) is 8.26. The summed E-state index contributed by atoms with van der Waals surface area (Å²) in [6, 6.07) is 9.69. The minimum absolute atomic E-state index is 0.380. The van der Waals surface area contributed by atoms with Crippen molar-refractivity contribution in [1.29, 1.82) is 0 Å². The van der Waals surface area contributed by atoms with Crippen molar-refractivity contribution in [2.75, 3.05) is 4.90 Å². The van der Waals surface area contributed by atoms with E-state index in [1.54, 1.807) is 29.6 Å². The predicted octanol–water partition coefficient (Wildman–Crippen LogP) is 5.33. The fourth-order valence-electron chi connectivity index (χ4n) is 2.55. The summed E-state index contributed by atoms with van der Waals surface area (Å²) in [7, 11) is 0. The molecule has 0 bridgehead atoms. The van der Waals surface area contributed by atoms with Crippen LogP contribution >= 0.6 is 15.9 Å². The highest BCUT2D eigenvalue weighted by atomic mass is 79.9. The Bertz CT molecular complexity index is 923. The van der Waals surface area contributed by atoms with Gasteiger partial charge in [0, 0.05) is 28.4 Å². The molecule has 0 radical (unpaired) electrons. The molecule has 0 atom stereocenters. The number of halogens is 1. The lowest BCUT2D eigenvalue weighted by atomic mass is 10.1. The van der Waals surface area contributed by atoms with Crippen LogP contribution in [0.25, 0.3) is 10.8 Å². The molecule has 2 aromatic heterocycles. The molecule has 0 saturated carbocycles. The molecule has 0 spiro atoms. The van der Waals surface area contributed by atoms with Gasteiger partial charge in [-0.2, -0.15) is 0 Å². The lowest BCUT2D eigenvalue weighted by Crippen LogP contribution is -2.36. The summed E-state index contributed by atoms with van der Waals surface area (Å²) in [5, 5.41) is 2.08. The zero-order valence-electron chi connectivity index (χ0n) is 14.9. The Morgan fingerprint density at radius 1 is 1.15 bits per heavy atom. The van der Waals surface area contributed by atoms with E-state index in [1.165, 1.54) is 0 Å². The summed E-state index contributed by atoms with van der Waals surface area (Å²) in [5.41, 5.74) is 1.10. The molecule has 0 unspecified atom stereocenters. The number of hydrogen-bond acceptors (Lipinski definition) is 4. The molecule has 6 heteroatoms. The average Bonchev–Trinajstić information content (AvgIpc) is 2.59. The number of nitrogens with zero attached hydrogens (tertiary/aromatic N) is 3. The molecule has 26 heavy (non-hydrogen) atoms. The largest absolute Gasteiger partial charge is 0.443 e. The van der Waals surface area contributed by atoms with Crippen molar-refractivity contribution in [3.8, 4) is 0 Å². The van der Waals surface area contributed by atoms with Crippen LogP contribution in [0.3, 0.4) is 0 Å². The lowest BCUT2D eigenvalue weighted by Gasteiger charge is -2.27. The molecule has 1 amide bonds. The number of rotatable bonds is 3. The standard InChI is InChI=1S/C20H20BrN3O2/c1-20(2,3)26-19(25)24(16-5-4-8-22-11-16)13-14-6-7-15-10-23-12-18(21)17(15)9-14/h4-12H,13H2,1-3H3. The number of amides is 1. The molecule has 5 nitrogen and oxygen atoms in total. The molecule has 0 aliphatic carbocycles. The van der Waals surface area contributed by atoms with E-state index in [4.69, 9.17) is 4.74 Å². The van der Waals surface area contributed by atoms with E-state index in [1.807, 2.05) is 45.2 Å². The Balaban J connectivity index is 1.95. The maximum atomic E-state index is 12.8. The number of hydrogen-bond donors (Lipinski definition) is 0. The van der Waals surface area contributed by atoms with Gasteiger partial charge in [-0.05, 0) is 65.8 Å². The molecule has 1 aromatic carbocycles. The predicted molar refractivity (Wildman–Crippen MR) is 106 cm³/mol. The first kappa shape index (κ1) is 18.3. The Kier molecular flexibility index (Phi) is 5.23. The molecule has 0 aliphatic heterocycles. The molecular weight excluding hydrogens is 394 g/mol. The number of anilines is 1. The maximum absolute atomic E-state index is 12.8. The topological polar surface area (TPSA) is 55.3 Å². The smallest absolute Gasteiger partial charge is 0.415 e. The summed E-state index contributed by atoms with van der Waals surface area (Å²) in [6.45, 7) is 5.94. The summed E-state index contributed by atoms with van der Waals surface area (Å²) in [5.74, 6) is 0. The number of pyridine rings is 2. The highest BCUT2D eigenvalue weighted by Gasteiger charge is 2.24. The Hall–Kier alpha value is -2.47. The van der Waals surface area contributed by atoms with Gasteiger partial charge in [0.2, 0.25) is 0 Å². The highest BCUT2D eigenvalue weighted by Crippen LogP contribution is 2.26. The van der Waals surface area contributed by atoms with Gasteiger partial charge in [0.15, 0.2) is 0 Å². The van der Waals surface area contributed by atoms with Crippen molar-refractivity contribution >= 4 is 38.5 Å². The summed E-state index contributed by atoms with van der Waals surface area (Å²) >= 11 is 3.53. The van der Waals surface area contributed by atoms with E-state index < -0.39 is 11.7 Å². The third-order valence-corrected chi connectivity index (χ3v) is 4.32. The van der Waals surface area contributed by atoms with Crippen molar-refractivity contribution in [3.63, 3.8) is 0 Å². The van der Waals surface area contributed by atoms with E-state index >= 15 is 0 Å². The SMILES string of the molecule is CC(C)(C)OC(=O)N(Cc1ccc2cncc(Br)c2c1)c1cccnc1. The fraction of sp³-hybridized carbons (Fsp3) is 0.250. The van der Waals surface area contributed by atoms with Crippen LogP contribution in [0, 0.1) is 0 Å². The molecule has 0 fully saturated rings. The summed E-state index contributed by atoms with van der Waals surface area (Å²) in [4.78, 5) is 22.6. The van der Waals surface area contributed by atoms with E-state index in [0.29, 0.717) is 12.2 Å². The van der Waals surface area contributed by atoms with E-state index in [2.05, 4.69) is 32.0 Å². The zero-order chi connectivity index (χ0) is 18.7. The molecule has 3 rings (SSSR count). The minimum atomic E-state index is -0.574. The quantitative estimate of drug-likeness (QED) is 0.581. The molecular formula is C20H20BrN3O2. The van der Waals surface area contributed by atoms with Crippen molar-refractivity contribution in [3.05, 3.63) is 65.2 Å². The fourth-order valence-corrected chi connectivity index (χ4v) is 3.01. The number of aromatic nitrogens is 2. The second kappa shape index (κ2) is 7.41. The average molecular weight is 414 g/mol. The monoisotopic (exact) mass is 413 g/mol. The van der Waals surface area contributed by atoms with Gasteiger partial charge in [0.05, 0.1) is 18.4 Å². The Morgan fingerprint density at radius 2 is 1.96 bits per heavy atom. The highest BCUT2D eigenvalue weighted by molar-refractivity contribution is 9.10. The number of fused-ring (bicyclic) bond motifs is 1.